The van der Waals surface area contributed by atoms with E-state index in [4.69, 9.17) is 24.7 Å². The number of hydrogen-bond donors (Lipinski definition) is 0. The Bertz CT molecular complexity index is 1440. The highest BCUT2D eigenvalue weighted by molar-refractivity contribution is 5.88. The first-order chi connectivity index (χ1) is 17.2. The molecule has 4 aromatic rings. The lowest BCUT2D eigenvalue weighted by Gasteiger charge is -2.38. The second-order valence-electron chi connectivity index (χ2n) is 9.14. The Morgan fingerprint density at radius 1 is 0.971 bits per heavy atom. The molecular formula is C28H27N5O2. The number of benzene rings is 2. The predicted molar refractivity (Wildman–Crippen MR) is 136 cm³/mol. The van der Waals surface area contributed by atoms with Gasteiger partial charge in [0, 0.05) is 49.2 Å². The fraction of sp³-hybridized carbons (Fsp3) is 0.321. The molecule has 0 saturated carbocycles. The lowest BCUT2D eigenvalue weighted by atomic mass is 10.1. The number of nitrogens with zero attached hydrogens (tertiary/aromatic N) is 5. The zero-order valence-corrected chi connectivity index (χ0v) is 19.8. The fourth-order valence-corrected chi connectivity index (χ4v) is 4.91. The highest BCUT2D eigenvalue weighted by Gasteiger charge is 2.27. The average Bonchev–Trinajstić information content (AvgIpc) is 2.92. The van der Waals surface area contributed by atoms with Crippen LogP contribution in [0.25, 0.3) is 21.8 Å². The monoisotopic (exact) mass is 465 g/mol. The SMILES string of the molecule is CCc1ccc2c3c(ccc2n1)OCC(CN1CCN(c2ccc4cc(C#N)ccc4n2)CC1)O3. The Labute approximate surface area is 204 Å². The molecular weight excluding hydrogens is 438 g/mol. The quantitative estimate of drug-likeness (QED) is 0.448. The molecule has 176 valence electrons. The Kier molecular flexibility index (Phi) is 5.59. The molecule has 1 fully saturated rings. The van der Waals surface area contributed by atoms with Crippen molar-refractivity contribution < 1.29 is 9.47 Å². The van der Waals surface area contributed by atoms with Gasteiger partial charge in [-0.3, -0.25) is 9.88 Å². The number of aromatic nitrogens is 2. The van der Waals surface area contributed by atoms with Crippen LogP contribution >= 0.6 is 0 Å². The molecule has 7 nitrogen and oxygen atoms in total. The van der Waals surface area contributed by atoms with Crippen LogP contribution in [-0.4, -0.2) is 60.3 Å². The lowest BCUT2D eigenvalue weighted by Crippen LogP contribution is -2.50. The molecule has 0 radical (unpaired) electrons. The highest BCUT2D eigenvalue weighted by Crippen LogP contribution is 2.38. The van der Waals surface area contributed by atoms with E-state index >= 15 is 0 Å². The molecule has 0 spiro atoms. The van der Waals surface area contributed by atoms with Crippen molar-refractivity contribution >= 4 is 27.6 Å². The van der Waals surface area contributed by atoms with Crippen molar-refractivity contribution in [1.29, 1.82) is 5.26 Å². The normalized spacial score (nSPS) is 18.1. The molecule has 1 atom stereocenters. The second-order valence-corrected chi connectivity index (χ2v) is 9.14. The molecule has 4 heterocycles. The molecule has 35 heavy (non-hydrogen) atoms. The van der Waals surface area contributed by atoms with Crippen molar-refractivity contribution in [1.82, 2.24) is 14.9 Å². The third kappa shape index (κ3) is 4.22. The summed E-state index contributed by atoms with van der Waals surface area (Å²) in [6.07, 6.45) is 0.897. The van der Waals surface area contributed by atoms with Gasteiger partial charge in [-0.05, 0) is 61.0 Å². The van der Waals surface area contributed by atoms with Gasteiger partial charge in [0.1, 0.15) is 18.5 Å². The molecule has 2 aliphatic heterocycles. The lowest BCUT2D eigenvalue weighted by molar-refractivity contribution is 0.0587. The van der Waals surface area contributed by atoms with Gasteiger partial charge in [0.15, 0.2) is 11.5 Å². The van der Waals surface area contributed by atoms with E-state index in [1.807, 2.05) is 30.3 Å². The minimum Gasteiger partial charge on any atom is -0.486 e. The molecule has 2 aromatic heterocycles. The van der Waals surface area contributed by atoms with E-state index in [1.54, 1.807) is 0 Å². The minimum absolute atomic E-state index is 0.0152. The largest absolute Gasteiger partial charge is 0.486 e. The highest BCUT2D eigenvalue weighted by atomic mass is 16.6. The second kappa shape index (κ2) is 9.05. The van der Waals surface area contributed by atoms with Gasteiger partial charge in [-0.2, -0.15) is 5.26 Å². The Hall–Kier alpha value is -3.89. The molecule has 0 amide bonds. The van der Waals surface area contributed by atoms with Crippen LogP contribution < -0.4 is 14.4 Å². The maximum absolute atomic E-state index is 9.11. The number of rotatable bonds is 4. The summed E-state index contributed by atoms with van der Waals surface area (Å²) >= 11 is 0. The van der Waals surface area contributed by atoms with Gasteiger partial charge >= 0.3 is 0 Å². The van der Waals surface area contributed by atoms with Crippen molar-refractivity contribution in [2.75, 3.05) is 44.2 Å². The zero-order valence-electron chi connectivity index (χ0n) is 19.8. The van der Waals surface area contributed by atoms with Crippen molar-refractivity contribution in [2.45, 2.75) is 19.4 Å². The standard InChI is InChI=1S/C28H27N5O2/c1-2-21-5-6-23-25(30-21)8-9-26-28(23)35-22(18-34-26)17-32-11-13-33(14-12-32)27-10-4-20-15-19(16-29)3-7-24(20)31-27/h3-10,15,22H,2,11-14,17-18H2,1H3. The van der Waals surface area contributed by atoms with E-state index in [1.165, 1.54) is 0 Å². The van der Waals surface area contributed by atoms with Crippen molar-refractivity contribution in [3.05, 3.63) is 65.9 Å². The summed E-state index contributed by atoms with van der Waals surface area (Å²) in [7, 11) is 0. The smallest absolute Gasteiger partial charge is 0.171 e. The molecule has 2 aromatic carbocycles. The fourth-order valence-electron chi connectivity index (χ4n) is 4.91. The third-order valence-corrected chi connectivity index (χ3v) is 6.88. The third-order valence-electron chi connectivity index (χ3n) is 6.88. The van der Waals surface area contributed by atoms with Crippen molar-refractivity contribution in [3.63, 3.8) is 0 Å². The first kappa shape index (κ1) is 21.6. The Balaban J connectivity index is 1.10. The van der Waals surface area contributed by atoms with E-state index < -0.39 is 0 Å². The molecule has 2 aliphatic rings. The predicted octanol–water partition coefficient (Wildman–Crippen LogP) is 4.18. The maximum Gasteiger partial charge on any atom is 0.171 e. The van der Waals surface area contributed by atoms with Crippen LogP contribution in [0.15, 0.2) is 54.6 Å². The number of fused-ring (bicyclic) bond motifs is 4. The number of anilines is 1. The number of hydrogen-bond acceptors (Lipinski definition) is 7. The first-order valence-corrected chi connectivity index (χ1v) is 12.2. The summed E-state index contributed by atoms with van der Waals surface area (Å²) < 4.78 is 12.5. The number of pyridine rings is 2. The van der Waals surface area contributed by atoms with Crippen LogP contribution in [0.3, 0.4) is 0 Å². The number of piperazine rings is 1. The molecule has 7 heteroatoms. The topological polar surface area (TPSA) is 74.5 Å². The summed E-state index contributed by atoms with van der Waals surface area (Å²) in [4.78, 5) is 14.3. The van der Waals surface area contributed by atoms with E-state index in [2.05, 4.69) is 47.1 Å². The number of aryl methyl sites for hydroxylation is 1. The summed E-state index contributed by atoms with van der Waals surface area (Å²) in [6, 6.07) is 20.1. The van der Waals surface area contributed by atoms with E-state index in [0.29, 0.717) is 12.2 Å². The zero-order chi connectivity index (χ0) is 23.8. The summed E-state index contributed by atoms with van der Waals surface area (Å²) in [5.74, 6) is 2.60. The summed E-state index contributed by atoms with van der Waals surface area (Å²) in [6.45, 7) is 7.19. The van der Waals surface area contributed by atoms with Crippen LogP contribution in [0, 0.1) is 11.3 Å². The summed E-state index contributed by atoms with van der Waals surface area (Å²) in [5.41, 5.74) is 3.61. The van der Waals surface area contributed by atoms with Gasteiger partial charge < -0.3 is 14.4 Å². The number of nitriles is 1. The molecule has 0 aliphatic carbocycles. The van der Waals surface area contributed by atoms with Gasteiger partial charge in [0.25, 0.3) is 0 Å². The molecule has 1 saturated heterocycles. The Morgan fingerprint density at radius 2 is 1.83 bits per heavy atom. The van der Waals surface area contributed by atoms with E-state index in [0.717, 1.165) is 84.0 Å². The average molecular weight is 466 g/mol. The summed E-state index contributed by atoms with van der Waals surface area (Å²) in [5, 5.41) is 11.1. The van der Waals surface area contributed by atoms with Gasteiger partial charge in [-0.15, -0.1) is 0 Å². The number of ether oxygens (including phenoxy) is 2. The van der Waals surface area contributed by atoms with Gasteiger partial charge in [-0.25, -0.2) is 4.98 Å². The van der Waals surface area contributed by atoms with Gasteiger partial charge in [0.2, 0.25) is 0 Å². The van der Waals surface area contributed by atoms with Crippen LogP contribution in [-0.2, 0) is 6.42 Å². The van der Waals surface area contributed by atoms with Crippen LogP contribution in [0.4, 0.5) is 5.82 Å². The van der Waals surface area contributed by atoms with Crippen molar-refractivity contribution in [2.24, 2.45) is 0 Å². The van der Waals surface area contributed by atoms with Crippen molar-refractivity contribution in [3.8, 4) is 17.6 Å². The molecule has 1 unspecified atom stereocenters. The molecule has 6 rings (SSSR count). The van der Waals surface area contributed by atoms with Crippen LogP contribution in [0.5, 0.6) is 11.5 Å². The van der Waals surface area contributed by atoms with Crippen LogP contribution in [0.2, 0.25) is 0 Å². The van der Waals surface area contributed by atoms with Gasteiger partial charge in [-0.1, -0.05) is 6.92 Å². The van der Waals surface area contributed by atoms with Gasteiger partial charge in [0.05, 0.1) is 22.7 Å². The Morgan fingerprint density at radius 3 is 2.66 bits per heavy atom. The molecule has 0 bridgehead atoms. The first-order valence-electron chi connectivity index (χ1n) is 12.2. The minimum atomic E-state index is -0.0152. The van der Waals surface area contributed by atoms with E-state index in [-0.39, 0.29) is 6.10 Å². The molecule has 0 N–H and O–H groups in total. The van der Waals surface area contributed by atoms with Crippen LogP contribution in [0.1, 0.15) is 18.2 Å². The maximum atomic E-state index is 9.11. The van der Waals surface area contributed by atoms with E-state index in [9.17, 15) is 0 Å².